The molecule has 1 aromatic heterocycles. The number of rotatable bonds is 4. The van der Waals surface area contributed by atoms with E-state index >= 15 is 0 Å². The summed E-state index contributed by atoms with van der Waals surface area (Å²) in [7, 11) is 0. The van der Waals surface area contributed by atoms with E-state index in [1.54, 1.807) is 11.3 Å². The fourth-order valence-corrected chi connectivity index (χ4v) is 3.55. The molecule has 0 atom stereocenters. The van der Waals surface area contributed by atoms with Gasteiger partial charge in [-0.15, -0.1) is 11.3 Å². The number of hydrogen-bond donors (Lipinski definition) is 0. The minimum atomic E-state index is 0.0317. The second-order valence-corrected chi connectivity index (χ2v) is 6.92. The summed E-state index contributed by atoms with van der Waals surface area (Å²) in [5.41, 5.74) is 2.91. The largest absolute Gasteiger partial charge is 0.482 e. The van der Waals surface area contributed by atoms with Crippen LogP contribution in [0, 0.1) is 13.8 Å². The summed E-state index contributed by atoms with van der Waals surface area (Å²) in [6.45, 7) is 7.09. The molecule has 0 fully saturated rings. The van der Waals surface area contributed by atoms with Crippen molar-refractivity contribution in [2.75, 3.05) is 18.1 Å². The fourth-order valence-electron chi connectivity index (χ4n) is 2.71. The number of unbranched alkanes of at least 4 members (excludes halogenated alkanes) is 1. The Morgan fingerprint density at radius 1 is 1.36 bits per heavy atom. The predicted octanol–water partition coefficient (Wildman–Crippen LogP) is 3.95. The van der Waals surface area contributed by atoms with Gasteiger partial charge in [-0.3, -0.25) is 4.79 Å². The first-order valence-electron chi connectivity index (χ1n) is 7.61. The Bertz CT molecular complexity index is 709. The molecule has 3 rings (SSSR count). The van der Waals surface area contributed by atoms with E-state index in [2.05, 4.69) is 18.8 Å². The van der Waals surface area contributed by atoms with Crippen LogP contribution in [0.15, 0.2) is 18.2 Å². The van der Waals surface area contributed by atoms with E-state index in [4.69, 9.17) is 4.74 Å². The highest BCUT2D eigenvalue weighted by molar-refractivity contribution is 7.11. The van der Waals surface area contributed by atoms with Crippen LogP contribution in [0.5, 0.6) is 5.75 Å². The van der Waals surface area contributed by atoms with Crippen molar-refractivity contribution in [2.24, 2.45) is 0 Å². The number of benzene rings is 1. The van der Waals surface area contributed by atoms with Gasteiger partial charge in [0.1, 0.15) is 5.75 Å². The van der Waals surface area contributed by atoms with Crippen molar-refractivity contribution in [2.45, 2.75) is 33.6 Å². The van der Waals surface area contributed by atoms with Crippen LogP contribution in [0.1, 0.15) is 29.7 Å². The molecule has 2 heterocycles. The molecule has 0 saturated heterocycles. The van der Waals surface area contributed by atoms with Crippen molar-refractivity contribution in [3.8, 4) is 17.0 Å². The Kier molecular flexibility index (Phi) is 4.16. The third-order valence-corrected chi connectivity index (χ3v) is 4.70. The van der Waals surface area contributed by atoms with Gasteiger partial charge >= 0.3 is 0 Å². The van der Waals surface area contributed by atoms with E-state index in [-0.39, 0.29) is 12.5 Å². The molecule has 0 spiro atoms. The van der Waals surface area contributed by atoms with Crippen LogP contribution < -0.4 is 9.64 Å². The van der Waals surface area contributed by atoms with Crippen LogP contribution in [-0.2, 0) is 4.79 Å². The lowest BCUT2D eigenvalue weighted by atomic mass is 10.1. The molecule has 116 valence electrons. The lowest BCUT2D eigenvalue weighted by Gasteiger charge is -2.29. The van der Waals surface area contributed by atoms with Crippen LogP contribution in [0.25, 0.3) is 11.3 Å². The maximum absolute atomic E-state index is 12.2. The lowest BCUT2D eigenvalue weighted by molar-refractivity contribution is -0.121. The number of anilines is 1. The zero-order valence-corrected chi connectivity index (χ0v) is 14.0. The number of aromatic nitrogens is 1. The third kappa shape index (κ3) is 2.73. The van der Waals surface area contributed by atoms with Gasteiger partial charge in [0, 0.05) is 17.0 Å². The average Bonchev–Trinajstić information content (AvgIpc) is 2.84. The van der Waals surface area contributed by atoms with E-state index < -0.39 is 0 Å². The number of amides is 1. The van der Waals surface area contributed by atoms with Crippen molar-refractivity contribution >= 4 is 22.9 Å². The molecule has 0 radical (unpaired) electrons. The van der Waals surface area contributed by atoms with Gasteiger partial charge in [0.15, 0.2) is 6.61 Å². The quantitative estimate of drug-likeness (QED) is 0.857. The van der Waals surface area contributed by atoms with Crippen LogP contribution in [0.4, 0.5) is 5.69 Å². The van der Waals surface area contributed by atoms with Crippen LogP contribution in [-0.4, -0.2) is 24.0 Å². The Morgan fingerprint density at radius 2 is 2.18 bits per heavy atom. The highest BCUT2D eigenvalue weighted by Gasteiger charge is 2.25. The normalized spacial score (nSPS) is 14.0. The maximum Gasteiger partial charge on any atom is 0.265 e. The molecule has 4 nitrogen and oxygen atoms in total. The van der Waals surface area contributed by atoms with Crippen molar-refractivity contribution in [1.82, 2.24) is 4.98 Å². The summed E-state index contributed by atoms with van der Waals surface area (Å²) < 4.78 is 5.56. The van der Waals surface area contributed by atoms with Crippen molar-refractivity contribution in [1.29, 1.82) is 0 Å². The first kappa shape index (κ1) is 15.0. The smallest absolute Gasteiger partial charge is 0.265 e. The molecule has 1 aliphatic heterocycles. The molecule has 0 aliphatic carbocycles. The molecule has 0 saturated carbocycles. The summed E-state index contributed by atoms with van der Waals surface area (Å²) in [5.74, 6) is 0.813. The topological polar surface area (TPSA) is 42.4 Å². The molecule has 0 N–H and O–H groups in total. The molecular weight excluding hydrogens is 296 g/mol. The minimum absolute atomic E-state index is 0.0317. The summed E-state index contributed by atoms with van der Waals surface area (Å²) in [6.07, 6.45) is 2.05. The number of fused-ring (bicyclic) bond motifs is 1. The number of aryl methyl sites for hydroxylation is 2. The van der Waals surface area contributed by atoms with Gasteiger partial charge in [-0.2, -0.15) is 0 Å². The number of carbonyl (C=O) groups excluding carboxylic acids is 1. The van der Waals surface area contributed by atoms with Crippen molar-refractivity contribution < 1.29 is 9.53 Å². The number of thiazole rings is 1. The highest BCUT2D eigenvalue weighted by atomic mass is 32.1. The van der Waals surface area contributed by atoms with E-state index in [1.807, 2.05) is 30.0 Å². The summed E-state index contributed by atoms with van der Waals surface area (Å²) >= 11 is 1.69. The van der Waals surface area contributed by atoms with E-state index in [9.17, 15) is 4.79 Å². The second-order valence-electron chi connectivity index (χ2n) is 5.51. The fraction of sp³-hybridized carbons (Fsp3) is 0.412. The lowest BCUT2D eigenvalue weighted by Crippen LogP contribution is -2.39. The van der Waals surface area contributed by atoms with Crippen LogP contribution in [0.2, 0.25) is 0 Å². The number of carbonyl (C=O) groups is 1. The first-order valence-corrected chi connectivity index (χ1v) is 8.43. The summed E-state index contributed by atoms with van der Waals surface area (Å²) in [6, 6.07) is 6.00. The van der Waals surface area contributed by atoms with Crippen molar-refractivity contribution in [3.05, 3.63) is 28.1 Å². The summed E-state index contributed by atoms with van der Waals surface area (Å²) in [5, 5.41) is 1.06. The Labute approximate surface area is 134 Å². The van der Waals surface area contributed by atoms with Crippen LogP contribution in [0.3, 0.4) is 0 Å². The SMILES string of the molecule is CCCCN1C(=O)COc2ccc(-c3nc(C)sc3C)cc21. The predicted molar refractivity (Wildman–Crippen MR) is 89.8 cm³/mol. The zero-order valence-electron chi connectivity index (χ0n) is 13.2. The maximum atomic E-state index is 12.2. The highest BCUT2D eigenvalue weighted by Crippen LogP contribution is 2.37. The molecule has 5 heteroatoms. The van der Waals surface area contributed by atoms with E-state index in [1.165, 1.54) is 4.88 Å². The third-order valence-electron chi connectivity index (χ3n) is 3.81. The number of ether oxygens (including phenoxy) is 1. The van der Waals surface area contributed by atoms with E-state index in [0.29, 0.717) is 0 Å². The summed E-state index contributed by atoms with van der Waals surface area (Å²) in [4.78, 5) is 19.8. The van der Waals surface area contributed by atoms with Gasteiger partial charge < -0.3 is 9.64 Å². The average molecular weight is 316 g/mol. The Morgan fingerprint density at radius 3 is 2.86 bits per heavy atom. The molecule has 22 heavy (non-hydrogen) atoms. The van der Waals surface area contributed by atoms with Gasteiger partial charge in [0.05, 0.1) is 16.4 Å². The van der Waals surface area contributed by atoms with Gasteiger partial charge in [-0.25, -0.2) is 4.98 Å². The second kappa shape index (κ2) is 6.08. The monoisotopic (exact) mass is 316 g/mol. The molecule has 0 unspecified atom stereocenters. The van der Waals surface area contributed by atoms with Gasteiger partial charge in [-0.1, -0.05) is 13.3 Å². The minimum Gasteiger partial charge on any atom is -0.482 e. The standard InChI is InChI=1S/C17H20N2O2S/c1-4-5-8-19-14-9-13(17-11(2)22-12(3)18-17)6-7-15(14)21-10-16(19)20/h6-7,9H,4-5,8,10H2,1-3H3. The van der Waals surface area contributed by atoms with Gasteiger partial charge in [0.25, 0.3) is 5.91 Å². The molecule has 1 aliphatic rings. The molecule has 1 amide bonds. The molecule has 1 aromatic carbocycles. The van der Waals surface area contributed by atoms with Crippen molar-refractivity contribution in [3.63, 3.8) is 0 Å². The number of hydrogen-bond acceptors (Lipinski definition) is 4. The molecule has 2 aromatic rings. The number of nitrogens with zero attached hydrogens (tertiary/aromatic N) is 2. The van der Waals surface area contributed by atoms with Gasteiger partial charge in [0.2, 0.25) is 0 Å². The Hall–Kier alpha value is -1.88. The molecule has 0 bridgehead atoms. The zero-order chi connectivity index (χ0) is 15.7. The van der Waals surface area contributed by atoms with Crippen LogP contribution >= 0.6 is 11.3 Å². The Balaban J connectivity index is 2.02. The first-order chi connectivity index (χ1) is 10.6. The van der Waals surface area contributed by atoms with E-state index in [0.717, 1.165) is 47.1 Å². The molecular formula is C17H20N2O2S. The van der Waals surface area contributed by atoms with Gasteiger partial charge in [-0.05, 0) is 38.5 Å².